The van der Waals surface area contributed by atoms with Crippen molar-refractivity contribution in [3.05, 3.63) is 48.0 Å². The second-order valence-corrected chi connectivity index (χ2v) is 5.89. The summed E-state index contributed by atoms with van der Waals surface area (Å²) in [5, 5.41) is 2.77. The summed E-state index contributed by atoms with van der Waals surface area (Å²) in [6.45, 7) is 0. The molecule has 0 spiro atoms. The summed E-state index contributed by atoms with van der Waals surface area (Å²) in [6.07, 6.45) is 1.59. The normalized spacial score (nSPS) is 11.6. The van der Waals surface area contributed by atoms with Gasteiger partial charge in [0.05, 0.1) is 14.2 Å². The molecule has 116 valence electrons. The third-order valence-electron chi connectivity index (χ3n) is 3.07. The second-order valence-electron chi connectivity index (χ2n) is 4.51. The minimum absolute atomic E-state index is 0.278. The van der Waals surface area contributed by atoms with Crippen LogP contribution in [0.5, 0.6) is 11.5 Å². The smallest absolute Gasteiger partial charge is 0.255 e. The highest BCUT2D eigenvalue weighted by atomic mass is 32.2. The lowest BCUT2D eigenvalue weighted by atomic mass is 10.2. The summed E-state index contributed by atoms with van der Waals surface area (Å²) in [5.41, 5.74) is 1.04. The highest BCUT2D eigenvalue weighted by molar-refractivity contribution is 7.84. The number of nitrogens with one attached hydrogen (secondary N) is 1. The van der Waals surface area contributed by atoms with Crippen LogP contribution in [0.2, 0.25) is 0 Å². The van der Waals surface area contributed by atoms with Crippen molar-refractivity contribution < 1.29 is 18.5 Å². The van der Waals surface area contributed by atoms with Crippen LogP contribution in [0.3, 0.4) is 0 Å². The Bertz CT molecular complexity index is 715. The lowest BCUT2D eigenvalue weighted by molar-refractivity contribution is 0.102. The van der Waals surface area contributed by atoms with E-state index in [4.69, 9.17) is 9.47 Å². The van der Waals surface area contributed by atoms with Crippen LogP contribution in [0, 0.1) is 0 Å². The maximum atomic E-state index is 12.3. The predicted molar refractivity (Wildman–Crippen MR) is 86.3 cm³/mol. The third kappa shape index (κ3) is 3.65. The minimum atomic E-state index is -1.10. The monoisotopic (exact) mass is 319 g/mol. The highest BCUT2D eigenvalue weighted by Gasteiger charge is 2.11. The van der Waals surface area contributed by atoms with Gasteiger partial charge in [-0.25, -0.2) is 0 Å². The van der Waals surface area contributed by atoms with Gasteiger partial charge >= 0.3 is 0 Å². The molecule has 0 heterocycles. The molecule has 0 radical (unpaired) electrons. The molecule has 6 heteroatoms. The number of anilines is 1. The third-order valence-corrected chi connectivity index (χ3v) is 3.99. The Balaban J connectivity index is 2.22. The van der Waals surface area contributed by atoms with Crippen molar-refractivity contribution in [2.24, 2.45) is 0 Å². The Morgan fingerprint density at radius 2 is 1.77 bits per heavy atom. The molecule has 0 bridgehead atoms. The van der Waals surface area contributed by atoms with Gasteiger partial charge in [-0.05, 0) is 36.4 Å². The Hall–Kier alpha value is -2.34. The number of hydrogen-bond donors (Lipinski definition) is 1. The van der Waals surface area contributed by atoms with Gasteiger partial charge in [0.1, 0.15) is 0 Å². The zero-order valence-electron chi connectivity index (χ0n) is 12.6. The fourth-order valence-corrected chi connectivity index (χ4v) is 2.50. The van der Waals surface area contributed by atoms with Crippen LogP contribution in [0.25, 0.3) is 0 Å². The molecule has 2 aromatic carbocycles. The Kier molecular flexibility index (Phi) is 5.16. The first-order chi connectivity index (χ1) is 10.5. The van der Waals surface area contributed by atoms with Crippen molar-refractivity contribution in [2.75, 3.05) is 25.8 Å². The average molecular weight is 319 g/mol. The van der Waals surface area contributed by atoms with Crippen LogP contribution in [-0.4, -0.2) is 30.6 Å². The Labute approximate surface area is 131 Å². The van der Waals surface area contributed by atoms with Gasteiger partial charge in [-0.2, -0.15) is 0 Å². The van der Waals surface area contributed by atoms with Crippen LogP contribution in [-0.2, 0) is 10.8 Å². The topological polar surface area (TPSA) is 64.6 Å². The molecule has 2 aromatic rings. The van der Waals surface area contributed by atoms with E-state index in [1.165, 1.54) is 14.2 Å². The molecule has 0 fully saturated rings. The molecule has 0 saturated heterocycles. The van der Waals surface area contributed by atoms with Crippen LogP contribution in [0.1, 0.15) is 10.4 Å². The van der Waals surface area contributed by atoms with Crippen LogP contribution in [0.4, 0.5) is 5.69 Å². The van der Waals surface area contributed by atoms with E-state index in [1.807, 2.05) is 0 Å². The van der Waals surface area contributed by atoms with E-state index < -0.39 is 10.8 Å². The van der Waals surface area contributed by atoms with E-state index in [-0.39, 0.29) is 5.91 Å². The molecule has 1 atom stereocenters. The van der Waals surface area contributed by atoms with E-state index >= 15 is 0 Å². The summed E-state index contributed by atoms with van der Waals surface area (Å²) < 4.78 is 21.8. The van der Waals surface area contributed by atoms with Gasteiger partial charge in [-0.3, -0.25) is 9.00 Å². The van der Waals surface area contributed by atoms with Crippen molar-refractivity contribution in [3.8, 4) is 11.5 Å². The highest BCUT2D eigenvalue weighted by Crippen LogP contribution is 2.28. The summed E-state index contributed by atoms with van der Waals surface area (Å²) in [7, 11) is 1.95. The van der Waals surface area contributed by atoms with Crippen LogP contribution in [0.15, 0.2) is 47.4 Å². The summed E-state index contributed by atoms with van der Waals surface area (Å²) >= 11 is 0. The minimum Gasteiger partial charge on any atom is -0.493 e. The molecule has 0 aliphatic carbocycles. The first-order valence-corrected chi connectivity index (χ1v) is 8.08. The first kappa shape index (κ1) is 16.0. The molecular formula is C16H17NO4S. The quantitative estimate of drug-likeness (QED) is 0.920. The number of methoxy groups -OCH3 is 2. The van der Waals surface area contributed by atoms with Crippen molar-refractivity contribution in [1.29, 1.82) is 0 Å². The number of hydrogen-bond acceptors (Lipinski definition) is 4. The average Bonchev–Trinajstić information content (AvgIpc) is 2.54. The van der Waals surface area contributed by atoms with Crippen molar-refractivity contribution in [3.63, 3.8) is 0 Å². The SMILES string of the molecule is COc1ccc(C(=O)Nc2cccc(S(C)=O)c2)cc1OC. The zero-order chi connectivity index (χ0) is 16.1. The summed E-state index contributed by atoms with van der Waals surface area (Å²) in [6, 6.07) is 11.9. The van der Waals surface area contributed by atoms with Gasteiger partial charge in [0.25, 0.3) is 5.91 Å². The number of benzene rings is 2. The molecule has 1 amide bonds. The number of ether oxygens (including phenoxy) is 2. The number of carbonyl (C=O) groups is 1. The van der Waals surface area contributed by atoms with Crippen LogP contribution < -0.4 is 14.8 Å². The van der Waals surface area contributed by atoms with E-state index in [0.29, 0.717) is 27.6 Å². The molecule has 1 N–H and O–H groups in total. The predicted octanol–water partition coefficient (Wildman–Crippen LogP) is 2.69. The lowest BCUT2D eigenvalue weighted by Crippen LogP contribution is -2.12. The van der Waals surface area contributed by atoms with E-state index in [0.717, 1.165) is 0 Å². The van der Waals surface area contributed by atoms with Gasteiger partial charge < -0.3 is 14.8 Å². The molecule has 0 aliphatic rings. The van der Waals surface area contributed by atoms with Gasteiger partial charge in [-0.1, -0.05) is 6.07 Å². The van der Waals surface area contributed by atoms with E-state index in [2.05, 4.69) is 5.32 Å². The molecule has 1 unspecified atom stereocenters. The van der Waals surface area contributed by atoms with E-state index in [9.17, 15) is 9.00 Å². The summed E-state index contributed by atoms with van der Waals surface area (Å²) in [5.74, 6) is 0.765. The van der Waals surface area contributed by atoms with Crippen molar-refractivity contribution in [1.82, 2.24) is 0 Å². The molecule has 2 rings (SSSR count). The zero-order valence-corrected chi connectivity index (χ0v) is 13.4. The van der Waals surface area contributed by atoms with Gasteiger partial charge in [0, 0.05) is 33.2 Å². The van der Waals surface area contributed by atoms with Crippen LogP contribution >= 0.6 is 0 Å². The first-order valence-electron chi connectivity index (χ1n) is 6.52. The van der Waals surface area contributed by atoms with E-state index in [1.54, 1.807) is 48.7 Å². The van der Waals surface area contributed by atoms with Gasteiger partial charge in [-0.15, -0.1) is 0 Å². The molecular weight excluding hydrogens is 302 g/mol. The lowest BCUT2D eigenvalue weighted by Gasteiger charge is -2.10. The largest absolute Gasteiger partial charge is 0.493 e. The maximum absolute atomic E-state index is 12.3. The van der Waals surface area contributed by atoms with Crippen molar-refractivity contribution >= 4 is 22.4 Å². The fraction of sp³-hybridized carbons (Fsp3) is 0.188. The number of amides is 1. The Morgan fingerprint density at radius 1 is 1.05 bits per heavy atom. The maximum Gasteiger partial charge on any atom is 0.255 e. The van der Waals surface area contributed by atoms with Crippen molar-refractivity contribution in [2.45, 2.75) is 4.90 Å². The van der Waals surface area contributed by atoms with Gasteiger partial charge in [0.15, 0.2) is 11.5 Å². The standard InChI is InChI=1S/C16H17NO4S/c1-20-14-8-7-11(9-15(14)21-2)16(18)17-12-5-4-6-13(10-12)22(3)19/h4-10H,1-3H3,(H,17,18). The number of carbonyl (C=O) groups excluding carboxylic acids is 1. The molecule has 0 saturated carbocycles. The second kappa shape index (κ2) is 7.09. The summed E-state index contributed by atoms with van der Waals surface area (Å²) in [4.78, 5) is 12.9. The fourth-order valence-electron chi connectivity index (χ4n) is 1.93. The molecule has 5 nitrogen and oxygen atoms in total. The molecule has 22 heavy (non-hydrogen) atoms. The van der Waals surface area contributed by atoms with Gasteiger partial charge in [0.2, 0.25) is 0 Å². The Morgan fingerprint density at radius 3 is 2.41 bits per heavy atom. The molecule has 0 aliphatic heterocycles. The number of rotatable bonds is 5. The molecule has 0 aromatic heterocycles.